The highest BCUT2D eigenvalue weighted by Gasteiger charge is 2.36. The van der Waals surface area contributed by atoms with Gasteiger partial charge in [-0.3, -0.25) is 0 Å². The summed E-state index contributed by atoms with van der Waals surface area (Å²) in [5.41, 5.74) is -0.297. The van der Waals surface area contributed by atoms with Gasteiger partial charge in [-0.15, -0.1) is 10.2 Å². The highest BCUT2D eigenvalue weighted by atomic mass is 19.4. The lowest BCUT2D eigenvalue weighted by atomic mass is 10.2. The fraction of sp³-hybridized carbons (Fsp3) is 0.333. The number of anilines is 1. The van der Waals surface area contributed by atoms with Crippen LogP contribution in [0.2, 0.25) is 0 Å². The van der Waals surface area contributed by atoms with Crippen molar-refractivity contribution in [2.24, 2.45) is 0 Å². The largest absolute Gasteiger partial charge is 0.471 e. The maximum absolute atomic E-state index is 13.1. The fourth-order valence-corrected chi connectivity index (χ4v) is 1.78. The molecule has 1 heterocycles. The Kier molecular flexibility index (Phi) is 5.38. The first kappa shape index (κ1) is 17.0. The van der Waals surface area contributed by atoms with Crippen LogP contribution in [0.4, 0.5) is 19.0 Å². The maximum atomic E-state index is 13.1. The van der Waals surface area contributed by atoms with E-state index in [4.69, 9.17) is 9.84 Å². The summed E-state index contributed by atoms with van der Waals surface area (Å²) in [5.74, 6) is -0.658. The molecule has 0 spiro atoms. The molecule has 0 bridgehead atoms. The number of nitrogens with zero attached hydrogens (tertiary/aromatic N) is 2. The summed E-state index contributed by atoms with van der Waals surface area (Å²) in [6.45, 7) is 1.32. The van der Waals surface area contributed by atoms with Gasteiger partial charge in [-0.05, 0) is 12.5 Å². The molecule has 0 saturated carbocycles. The van der Waals surface area contributed by atoms with E-state index in [-0.39, 0.29) is 19.0 Å². The molecule has 0 unspecified atom stereocenters. The molecule has 0 saturated heterocycles. The first-order valence-corrected chi connectivity index (χ1v) is 6.89. The first-order chi connectivity index (χ1) is 10.9. The molecule has 0 fully saturated rings. The van der Waals surface area contributed by atoms with E-state index in [1.807, 2.05) is 0 Å². The Balaban J connectivity index is 2.21. The number of aromatic nitrogens is 2. The molecule has 2 aromatic rings. The van der Waals surface area contributed by atoms with Crippen molar-refractivity contribution in [3.05, 3.63) is 47.5 Å². The van der Waals surface area contributed by atoms with Gasteiger partial charge in [0.1, 0.15) is 18.0 Å². The molecule has 8 heteroatoms. The Morgan fingerprint density at radius 1 is 1.22 bits per heavy atom. The van der Waals surface area contributed by atoms with Crippen LogP contribution >= 0.6 is 0 Å². The second-order valence-electron chi connectivity index (χ2n) is 4.95. The Hall–Kier alpha value is -2.35. The van der Waals surface area contributed by atoms with Gasteiger partial charge in [0.25, 0.3) is 0 Å². The van der Waals surface area contributed by atoms with Crippen molar-refractivity contribution in [3.63, 3.8) is 0 Å². The zero-order chi connectivity index (χ0) is 16.9. The van der Waals surface area contributed by atoms with E-state index in [1.165, 1.54) is 0 Å². The van der Waals surface area contributed by atoms with Crippen LogP contribution < -0.4 is 10.1 Å². The first-order valence-electron chi connectivity index (χ1n) is 6.89. The lowest BCUT2D eigenvalue weighted by molar-refractivity contribution is -0.139. The zero-order valence-electron chi connectivity index (χ0n) is 12.3. The van der Waals surface area contributed by atoms with E-state index >= 15 is 0 Å². The van der Waals surface area contributed by atoms with E-state index in [0.29, 0.717) is 0 Å². The minimum absolute atomic E-state index is 0.0432. The van der Waals surface area contributed by atoms with Crippen molar-refractivity contribution in [2.75, 3.05) is 11.9 Å². The number of hydrogen-bond donors (Lipinski definition) is 2. The number of hydrogen-bond acceptors (Lipinski definition) is 5. The van der Waals surface area contributed by atoms with Crippen LogP contribution in [0.5, 0.6) is 5.88 Å². The molecule has 1 aromatic carbocycles. The molecule has 0 aliphatic heterocycles. The molecule has 23 heavy (non-hydrogen) atoms. The molecule has 1 atom stereocenters. The Bertz CT molecular complexity index is 636. The van der Waals surface area contributed by atoms with E-state index in [0.717, 1.165) is 11.6 Å². The van der Waals surface area contributed by atoms with Crippen LogP contribution in [0.3, 0.4) is 0 Å². The quantitative estimate of drug-likeness (QED) is 0.854. The van der Waals surface area contributed by atoms with Crippen molar-refractivity contribution in [1.29, 1.82) is 0 Å². The Labute approximate surface area is 131 Å². The standard InChI is InChI=1S/C15H16F3N3O2/c1-10(8-22)19-13-7-12(15(16,17)18)14(21-20-13)23-9-11-5-3-2-4-6-11/h2-7,10,22H,8-9H2,1H3,(H,19,20)/t10-/m0/s1. The third-order valence-corrected chi connectivity index (χ3v) is 2.95. The number of aliphatic hydroxyl groups excluding tert-OH is 1. The molecular weight excluding hydrogens is 311 g/mol. The van der Waals surface area contributed by atoms with E-state index in [9.17, 15) is 13.2 Å². The summed E-state index contributed by atoms with van der Waals surface area (Å²) in [7, 11) is 0. The predicted molar refractivity (Wildman–Crippen MR) is 78.0 cm³/mol. The fourth-order valence-electron chi connectivity index (χ4n) is 1.78. The number of benzene rings is 1. The van der Waals surface area contributed by atoms with Gasteiger partial charge in [-0.2, -0.15) is 13.2 Å². The van der Waals surface area contributed by atoms with Crippen molar-refractivity contribution in [2.45, 2.75) is 25.7 Å². The number of nitrogens with one attached hydrogen (secondary N) is 1. The summed E-state index contributed by atoms with van der Waals surface area (Å²) >= 11 is 0. The Morgan fingerprint density at radius 3 is 2.52 bits per heavy atom. The summed E-state index contributed by atoms with van der Waals surface area (Å²) in [4.78, 5) is 0. The average Bonchev–Trinajstić information content (AvgIpc) is 2.53. The minimum Gasteiger partial charge on any atom is -0.471 e. The van der Waals surface area contributed by atoms with Gasteiger partial charge in [-0.25, -0.2) is 0 Å². The van der Waals surface area contributed by atoms with Crippen LogP contribution in [-0.4, -0.2) is 28.0 Å². The van der Waals surface area contributed by atoms with Crippen molar-refractivity contribution in [3.8, 4) is 5.88 Å². The molecule has 124 valence electrons. The summed E-state index contributed by atoms with van der Waals surface area (Å²) in [6.07, 6.45) is -4.62. The number of aliphatic hydroxyl groups is 1. The molecule has 5 nitrogen and oxygen atoms in total. The minimum atomic E-state index is -4.62. The van der Waals surface area contributed by atoms with Gasteiger partial charge in [0.2, 0.25) is 5.88 Å². The van der Waals surface area contributed by atoms with Crippen molar-refractivity contribution < 1.29 is 23.0 Å². The summed E-state index contributed by atoms with van der Waals surface area (Å²) < 4.78 is 44.6. The molecule has 0 aliphatic carbocycles. The number of halogens is 3. The van der Waals surface area contributed by atoms with Crippen LogP contribution in [0.15, 0.2) is 36.4 Å². The highest BCUT2D eigenvalue weighted by molar-refractivity contribution is 5.42. The third-order valence-electron chi connectivity index (χ3n) is 2.95. The predicted octanol–water partition coefficient (Wildman–Crippen LogP) is 2.87. The van der Waals surface area contributed by atoms with Crippen LogP contribution in [0.25, 0.3) is 0 Å². The van der Waals surface area contributed by atoms with E-state index in [1.54, 1.807) is 37.3 Å². The van der Waals surface area contributed by atoms with Gasteiger partial charge < -0.3 is 15.2 Å². The van der Waals surface area contributed by atoms with Gasteiger partial charge in [0.15, 0.2) is 0 Å². The highest BCUT2D eigenvalue weighted by Crippen LogP contribution is 2.36. The maximum Gasteiger partial charge on any atom is 0.421 e. The van der Waals surface area contributed by atoms with Gasteiger partial charge >= 0.3 is 6.18 Å². The van der Waals surface area contributed by atoms with Crippen LogP contribution in [-0.2, 0) is 12.8 Å². The Morgan fingerprint density at radius 2 is 1.91 bits per heavy atom. The lowest BCUT2D eigenvalue weighted by Gasteiger charge is -2.15. The molecule has 2 rings (SSSR count). The summed E-state index contributed by atoms with van der Waals surface area (Å²) in [5, 5.41) is 18.7. The monoisotopic (exact) mass is 327 g/mol. The second-order valence-corrected chi connectivity index (χ2v) is 4.95. The topological polar surface area (TPSA) is 67.3 Å². The van der Waals surface area contributed by atoms with Crippen molar-refractivity contribution >= 4 is 5.82 Å². The third kappa shape index (κ3) is 4.82. The summed E-state index contributed by atoms with van der Waals surface area (Å²) in [6, 6.07) is 9.17. The van der Waals surface area contributed by atoms with E-state index in [2.05, 4.69) is 15.5 Å². The smallest absolute Gasteiger partial charge is 0.421 e. The average molecular weight is 327 g/mol. The zero-order valence-corrected chi connectivity index (χ0v) is 12.3. The number of alkyl halides is 3. The molecule has 2 N–H and O–H groups in total. The second kappa shape index (κ2) is 7.28. The van der Waals surface area contributed by atoms with Gasteiger partial charge in [0.05, 0.1) is 6.61 Å². The number of ether oxygens (including phenoxy) is 1. The van der Waals surface area contributed by atoms with Crippen LogP contribution in [0, 0.1) is 0 Å². The SMILES string of the molecule is C[C@@H](CO)Nc1cc(C(F)(F)F)c(OCc2ccccc2)nn1. The molecule has 0 radical (unpaired) electrons. The molecule has 0 aliphatic rings. The molecule has 1 aromatic heterocycles. The normalized spacial score (nSPS) is 12.7. The van der Waals surface area contributed by atoms with Gasteiger partial charge in [0, 0.05) is 12.1 Å². The van der Waals surface area contributed by atoms with Gasteiger partial charge in [-0.1, -0.05) is 30.3 Å². The lowest BCUT2D eigenvalue weighted by Crippen LogP contribution is -2.21. The van der Waals surface area contributed by atoms with Crippen molar-refractivity contribution in [1.82, 2.24) is 10.2 Å². The van der Waals surface area contributed by atoms with E-state index < -0.39 is 23.7 Å². The van der Waals surface area contributed by atoms with Crippen LogP contribution in [0.1, 0.15) is 18.1 Å². The number of rotatable bonds is 6. The molecule has 0 amide bonds. The molecular formula is C15H16F3N3O2.